The maximum Gasteiger partial charge on any atom is 0.132 e. The van der Waals surface area contributed by atoms with Gasteiger partial charge in [-0.3, -0.25) is 0 Å². The van der Waals surface area contributed by atoms with Crippen LogP contribution >= 0.6 is 23.1 Å². The Morgan fingerprint density at radius 1 is 1.44 bits per heavy atom. The second-order valence-corrected chi connectivity index (χ2v) is 5.60. The Hall–Kier alpha value is -1.07. The first-order valence-electron chi connectivity index (χ1n) is 5.12. The lowest BCUT2D eigenvalue weighted by atomic mass is 10.3. The smallest absolute Gasteiger partial charge is 0.132 e. The molecule has 2 heterocycles. The summed E-state index contributed by atoms with van der Waals surface area (Å²) in [6, 6.07) is 5.93. The summed E-state index contributed by atoms with van der Waals surface area (Å²) in [6.07, 6.45) is 1.91. The zero-order valence-corrected chi connectivity index (χ0v) is 10.6. The first kappa shape index (κ1) is 11.4. The topological polar surface area (TPSA) is 51.8 Å². The molecule has 0 unspecified atom stereocenters. The van der Waals surface area contributed by atoms with Crippen molar-refractivity contribution in [2.75, 3.05) is 5.73 Å². The molecule has 0 aliphatic rings. The van der Waals surface area contributed by atoms with E-state index in [0.29, 0.717) is 5.82 Å². The highest BCUT2D eigenvalue weighted by Gasteiger charge is 2.04. The number of nitrogens with zero attached hydrogens (tertiary/aromatic N) is 2. The number of hydrogen-bond acceptors (Lipinski definition) is 5. The molecule has 0 radical (unpaired) electrons. The van der Waals surface area contributed by atoms with Crippen molar-refractivity contribution in [2.45, 2.75) is 29.0 Å². The van der Waals surface area contributed by atoms with Crippen molar-refractivity contribution >= 4 is 28.9 Å². The van der Waals surface area contributed by atoms with Gasteiger partial charge in [0.25, 0.3) is 0 Å². The lowest BCUT2D eigenvalue weighted by Crippen LogP contribution is -2.00. The van der Waals surface area contributed by atoms with Gasteiger partial charge in [0.05, 0.1) is 4.21 Å². The fourth-order valence-electron chi connectivity index (χ4n) is 1.30. The molecule has 0 aromatic carbocycles. The average molecular weight is 251 g/mol. The predicted octanol–water partition coefficient (Wildman–Crippen LogP) is 3.22. The van der Waals surface area contributed by atoms with Crippen LogP contribution in [0.1, 0.15) is 19.2 Å². The van der Waals surface area contributed by atoms with Crippen molar-refractivity contribution in [1.82, 2.24) is 9.97 Å². The van der Waals surface area contributed by atoms with Crippen LogP contribution in [0.25, 0.3) is 0 Å². The summed E-state index contributed by atoms with van der Waals surface area (Å²) in [5.41, 5.74) is 5.76. The van der Waals surface area contributed by atoms with Gasteiger partial charge in [-0.05, 0) is 17.9 Å². The Morgan fingerprint density at radius 2 is 2.31 bits per heavy atom. The lowest BCUT2D eigenvalue weighted by molar-refractivity contribution is 0.813. The van der Waals surface area contributed by atoms with E-state index in [2.05, 4.69) is 28.3 Å². The molecule has 16 heavy (non-hydrogen) atoms. The fraction of sp³-hybridized carbons (Fsp3) is 0.273. The first-order valence-corrected chi connectivity index (χ1v) is 6.82. The number of anilines is 1. The van der Waals surface area contributed by atoms with Crippen LogP contribution in [0, 0.1) is 0 Å². The number of nitrogens with two attached hydrogens (primary N) is 1. The van der Waals surface area contributed by atoms with Crippen LogP contribution in [0.4, 0.5) is 5.82 Å². The van der Waals surface area contributed by atoms with E-state index in [9.17, 15) is 0 Å². The maximum absolute atomic E-state index is 5.76. The van der Waals surface area contributed by atoms with Crippen LogP contribution in [-0.4, -0.2) is 9.97 Å². The predicted molar refractivity (Wildman–Crippen MR) is 68.9 cm³/mol. The van der Waals surface area contributed by atoms with Gasteiger partial charge in [-0.1, -0.05) is 24.8 Å². The number of aromatic nitrogens is 2. The third-order valence-corrected chi connectivity index (χ3v) is 3.90. The molecule has 2 rings (SSSR count). The van der Waals surface area contributed by atoms with Gasteiger partial charge < -0.3 is 5.73 Å². The Labute approximate surface area is 103 Å². The molecule has 0 bridgehead atoms. The molecule has 0 aliphatic heterocycles. The van der Waals surface area contributed by atoms with Gasteiger partial charge in [-0.2, -0.15) is 0 Å². The molecule has 2 N–H and O–H groups in total. The zero-order valence-electron chi connectivity index (χ0n) is 9.01. The summed E-state index contributed by atoms with van der Waals surface area (Å²) in [6.45, 7) is 2.11. The van der Waals surface area contributed by atoms with Gasteiger partial charge >= 0.3 is 0 Å². The third kappa shape index (κ3) is 2.96. The van der Waals surface area contributed by atoms with Crippen molar-refractivity contribution in [1.29, 1.82) is 0 Å². The molecular formula is C11H13N3S2. The first-order chi connectivity index (χ1) is 7.78. The summed E-state index contributed by atoms with van der Waals surface area (Å²) < 4.78 is 1.22. The van der Waals surface area contributed by atoms with Gasteiger partial charge in [0.1, 0.15) is 16.7 Å². The van der Waals surface area contributed by atoms with E-state index in [-0.39, 0.29) is 0 Å². The second kappa shape index (κ2) is 5.32. The van der Waals surface area contributed by atoms with Gasteiger partial charge in [0, 0.05) is 12.5 Å². The standard InChI is InChI=1S/C11H13N3S2/c1-2-4-9-13-8(12)7-10(14-9)16-11-5-3-6-15-11/h3,5-7H,2,4H2,1H3,(H2,12,13,14). The molecule has 0 atom stereocenters. The SMILES string of the molecule is CCCc1nc(N)cc(Sc2cccs2)n1. The second-order valence-electron chi connectivity index (χ2n) is 3.33. The molecule has 0 saturated carbocycles. The van der Waals surface area contributed by atoms with E-state index in [1.165, 1.54) is 4.21 Å². The minimum atomic E-state index is 0.553. The molecule has 2 aromatic rings. The highest BCUT2D eigenvalue weighted by atomic mass is 32.2. The molecular weight excluding hydrogens is 238 g/mol. The van der Waals surface area contributed by atoms with Crippen LogP contribution in [0.15, 0.2) is 32.8 Å². The number of nitrogen functional groups attached to an aromatic ring is 1. The number of thiophene rings is 1. The molecule has 3 nitrogen and oxygen atoms in total. The van der Waals surface area contributed by atoms with E-state index >= 15 is 0 Å². The summed E-state index contributed by atoms with van der Waals surface area (Å²) >= 11 is 3.34. The monoisotopic (exact) mass is 251 g/mol. The largest absolute Gasteiger partial charge is 0.384 e. The summed E-state index contributed by atoms with van der Waals surface area (Å²) in [4.78, 5) is 8.69. The molecule has 84 valence electrons. The number of aryl methyl sites for hydroxylation is 1. The van der Waals surface area contributed by atoms with Gasteiger partial charge in [0.15, 0.2) is 0 Å². The minimum absolute atomic E-state index is 0.553. The van der Waals surface area contributed by atoms with E-state index in [4.69, 9.17) is 5.73 Å². The molecule has 0 fully saturated rings. The molecule has 0 saturated heterocycles. The maximum atomic E-state index is 5.76. The molecule has 0 aliphatic carbocycles. The Balaban J connectivity index is 2.20. The molecule has 5 heteroatoms. The van der Waals surface area contributed by atoms with Crippen LogP contribution in [0.5, 0.6) is 0 Å². The Kier molecular flexibility index (Phi) is 3.79. The Morgan fingerprint density at radius 3 is 3.00 bits per heavy atom. The quantitative estimate of drug-likeness (QED) is 0.848. The minimum Gasteiger partial charge on any atom is -0.384 e. The van der Waals surface area contributed by atoms with Gasteiger partial charge in [-0.25, -0.2) is 9.97 Å². The van der Waals surface area contributed by atoms with Crippen molar-refractivity contribution in [2.24, 2.45) is 0 Å². The summed E-state index contributed by atoms with van der Waals surface area (Å²) in [5, 5.41) is 2.98. The van der Waals surface area contributed by atoms with Crippen molar-refractivity contribution in [3.8, 4) is 0 Å². The molecule has 2 aromatic heterocycles. The third-order valence-electron chi connectivity index (χ3n) is 1.94. The van der Waals surface area contributed by atoms with E-state index in [1.54, 1.807) is 23.1 Å². The van der Waals surface area contributed by atoms with Gasteiger partial charge in [0.2, 0.25) is 0 Å². The van der Waals surface area contributed by atoms with E-state index < -0.39 is 0 Å². The number of hydrogen-bond donors (Lipinski definition) is 1. The van der Waals surface area contributed by atoms with Crippen LogP contribution in [-0.2, 0) is 6.42 Å². The normalized spacial score (nSPS) is 10.6. The van der Waals surface area contributed by atoms with E-state index in [1.807, 2.05) is 12.1 Å². The van der Waals surface area contributed by atoms with Gasteiger partial charge in [-0.15, -0.1) is 11.3 Å². The highest BCUT2D eigenvalue weighted by Crippen LogP contribution is 2.30. The summed E-state index contributed by atoms with van der Waals surface area (Å²) in [5.74, 6) is 1.39. The lowest BCUT2D eigenvalue weighted by Gasteiger charge is -2.03. The number of rotatable bonds is 4. The van der Waals surface area contributed by atoms with Crippen LogP contribution in [0.2, 0.25) is 0 Å². The fourth-order valence-corrected chi connectivity index (χ4v) is 3.05. The van der Waals surface area contributed by atoms with Crippen molar-refractivity contribution in [3.05, 3.63) is 29.4 Å². The Bertz CT molecular complexity index is 454. The summed E-state index contributed by atoms with van der Waals surface area (Å²) in [7, 11) is 0. The zero-order chi connectivity index (χ0) is 11.4. The van der Waals surface area contributed by atoms with Crippen molar-refractivity contribution in [3.63, 3.8) is 0 Å². The molecule has 0 amide bonds. The van der Waals surface area contributed by atoms with Crippen LogP contribution < -0.4 is 5.73 Å². The molecule has 0 spiro atoms. The van der Waals surface area contributed by atoms with E-state index in [0.717, 1.165) is 23.7 Å². The van der Waals surface area contributed by atoms with Crippen LogP contribution in [0.3, 0.4) is 0 Å². The van der Waals surface area contributed by atoms with Crippen molar-refractivity contribution < 1.29 is 0 Å². The average Bonchev–Trinajstić information content (AvgIpc) is 2.70. The highest BCUT2D eigenvalue weighted by molar-refractivity contribution is 8.01.